The smallest absolute Gasteiger partial charge is 0.351 e. The summed E-state index contributed by atoms with van der Waals surface area (Å²) in [5.41, 5.74) is -0.660. The number of nitrogens with zero attached hydrogens (tertiary/aromatic N) is 3. The molecule has 0 aliphatic carbocycles. The number of nitrogens with one attached hydrogen (secondary N) is 1. The molecule has 4 rings (SSSR count). The van der Waals surface area contributed by atoms with Crippen molar-refractivity contribution < 1.29 is 18.6 Å². The van der Waals surface area contributed by atoms with Gasteiger partial charge in [0.05, 0.1) is 17.8 Å². The van der Waals surface area contributed by atoms with E-state index in [2.05, 4.69) is 42.7 Å². The maximum atomic E-state index is 12.7. The van der Waals surface area contributed by atoms with Crippen molar-refractivity contribution in [1.82, 2.24) is 14.2 Å². The van der Waals surface area contributed by atoms with E-state index in [0.717, 1.165) is 19.4 Å². The number of fused-ring (bicyclic) bond motifs is 1. The molecule has 0 saturated carbocycles. The van der Waals surface area contributed by atoms with Crippen LogP contribution in [0.15, 0.2) is 17.1 Å². The Morgan fingerprint density at radius 1 is 1.39 bits per heavy atom. The van der Waals surface area contributed by atoms with Gasteiger partial charge in [0, 0.05) is 31.1 Å². The van der Waals surface area contributed by atoms with Gasteiger partial charge in [-0.3, -0.25) is 9.36 Å². The molecule has 1 unspecified atom stereocenters. The molecule has 9 nitrogen and oxygen atoms in total. The summed E-state index contributed by atoms with van der Waals surface area (Å²) in [5, 5.41) is 2.67. The molecule has 3 aliphatic rings. The maximum Gasteiger partial charge on any atom is 0.351 e. The number of ether oxygens (including phenoxy) is 1. The number of rotatable bonds is 7. The Balaban J connectivity index is 1.46. The van der Waals surface area contributed by atoms with Crippen molar-refractivity contribution in [2.45, 2.75) is 97.3 Å². The summed E-state index contributed by atoms with van der Waals surface area (Å²) in [6, 6.07) is 2.02. The highest BCUT2D eigenvalue weighted by atomic mass is 31.2. The average Bonchev–Trinajstić information content (AvgIpc) is 3.45. The van der Waals surface area contributed by atoms with Crippen molar-refractivity contribution in [3.8, 4) is 0 Å². The van der Waals surface area contributed by atoms with Gasteiger partial charge in [-0.15, -0.1) is 0 Å². The van der Waals surface area contributed by atoms with Crippen molar-refractivity contribution >= 4 is 20.3 Å². The zero-order valence-electron chi connectivity index (χ0n) is 20.5. The Bertz CT molecular complexity index is 924. The minimum absolute atomic E-state index is 0.125. The van der Waals surface area contributed by atoms with Crippen LogP contribution >= 0.6 is 8.53 Å². The van der Waals surface area contributed by atoms with Gasteiger partial charge in [-0.2, -0.15) is 4.98 Å². The number of carbonyl (C=O) groups is 1. The highest BCUT2D eigenvalue weighted by Crippen LogP contribution is 2.62. The molecule has 1 aromatic heterocycles. The summed E-state index contributed by atoms with van der Waals surface area (Å²) < 4.78 is 23.3. The summed E-state index contributed by atoms with van der Waals surface area (Å²) in [5.74, 6) is 0.281. The van der Waals surface area contributed by atoms with Crippen LogP contribution in [0.2, 0.25) is 0 Å². The van der Waals surface area contributed by atoms with E-state index in [1.165, 1.54) is 11.0 Å². The van der Waals surface area contributed by atoms with Gasteiger partial charge in [0.1, 0.15) is 12.0 Å². The van der Waals surface area contributed by atoms with Crippen LogP contribution in [0.25, 0.3) is 0 Å². The molecule has 3 saturated heterocycles. The minimum Gasteiger partial charge on any atom is -0.352 e. The third kappa shape index (κ3) is 4.76. The zero-order chi connectivity index (χ0) is 23.9. The topological polar surface area (TPSA) is 94.9 Å². The zero-order valence-corrected chi connectivity index (χ0v) is 21.4. The Morgan fingerprint density at radius 3 is 2.79 bits per heavy atom. The molecule has 1 aromatic rings. The molecular weight excluding hydrogens is 443 g/mol. The molecule has 4 heterocycles. The van der Waals surface area contributed by atoms with Crippen LogP contribution in [-0.2, 0) is 18.6 Å². The van der Waals surface area contributed by atoms with Crippen LogP contribution in [0, 0.1) is 11.8 Å². The van der Waals surface area contributed by atoms with Crippen molar-refractivity contribution in [2.75, 3.05) is 11.9 Å². The SMILES string of the molecule is CC[C@H]1O[C@@H](n2ccc(NC(=O)C(C)C)nc2=O)CC1O[P@@]1O[C@@](C)(C(C)C)[C@@H]2CCCN21. The second-order valence-electron chi connectivity index (χ2n) is 10.1. The lowest BCUT2D eigenvalue weighted by Crippen LogP contribution is -2.43. The molecule has 0 radical (unpaired) electrons. The molecule has 184 valence electrons. The molecule has 10 heteroatoms. The van der Waals surface area contributed by atoms with Crippen LogP contribution in [-0.4, -0.2) is 50.5 Å². The molecule has 1 N–H and O–H groups in total. The Labute approximate surface area is 197 Å². The van der Waals surface area contributed by atoms with Crippen molar-refractivity contribution in [2.24, 2.45) is 11.8 Å². The number of aromatic nitrogens is 2. The van der Waals surface area contributed by atoms with Crippen LogP contribution in [0.3, 0.4) is 0 Å². The first-order valence-electron chi connectivity index (χ1n) is 12.1. The predicted molar refractivity (Wildman–Crippen MR) is 127 cm³/mol. The number of hydrogen-bond acceptors (Lipinski definition) is 7. The van der Waals surface area contributed by atoms with E-state index >= 15 is 0 Å². The van der Waals surface area contributed by atoms with Gasteiger partial charge < -0.3 is 19.1 Å². The fourth-order valence-corrected chi connectivity index (χ4v) is 7.08. The second kappa shape index (κ2) is 9.70. The van der Waals surface area contributed by atoms with E-state index in [1.807, 2.05) is 0 Å². The third-order valence-electron chi connectivity index (χ3n) is 7.24. The summed E-state index contributed by atoms with van der Waals surface area (Å²) in [6.45, 7) is 13.3. The molecule has 33 heavy (non-hydrogen) atoms. The standard InChI is InChI=1S/C23H37N4O5P/c1-7-16-17(31-33-27-11-8-9-18(27)23(6,32-33)15(4)5)13-20(30-16)26-12-10-19(25-22(26)29)24-21(28)14(2)3/h10,12,14-18,20H,7-9,11,13H2,1-6H3,(H,24,25,28,29)/t16-,17?,18+,20-,23+,33+/m1/s1. The third-order valence-corrected chi connectivity index (χ3v) is 9.14. The van der Waals surface area contributed by atoms with Gasteiger partial charge in [0.25, 0.3) is 8.53 Å². The fraction of sp³-hybridized carbons (Fsp3) is 0.783. The van der Waals surface area contributed by atoms with Gasteiger partial charge in [-0.25, -0.2) is 9.46 Å². The highest BCUT2D eigenvalue weighted by Gasteiger charge is 2.56. The number of anilines is 1. The first-order valence-corrected chi connectivity index (χ1v) is 13.2. The number of amides is 1. The second-order valence-corrected chi connectivity index (χ2v) is 11.4. The van der Waals surface area contributed by atoms with E-state index in [9.17, 15) is 9.59 Å². The number of hydrogen-bond donors (Lipinski definition) is 1. The van der Waals surface area contributed by atoms with E-state index in [4.69, 9.17) is 13.8 Å². The van der Waals surface area contributed by atoms with E-state index in [0.29, 0.717) is 18.4 Å². The molecule has 1 amide bonds. The van der Waals surface area contributed by atoms with Gasteiger partial charge in [-0.1, -0.05) is 34.6 Å². The average molecular weight is 481 g/mol. The van der Waals surface area contributed by atoms with Gasteiger partial charge in [-0.05, 0) is 38.2 Å². The molecule has 6 atom stereocenters. The lowest BCUT2D eigenvalue weighted by atomic mass is 9.84. The van der Waals surface area contributed by atoms with Crippen molar-refractivity contribution in [3.05, 3.63) is 22.7 Å². The summed E-state index contributed by atoms with van der Waals surface area (Å²) in [4.78, 5) is 28.6. The van der Waals surface area contributed by atoms with Gasteiger partial charge in [0.2, 0.25) is 5.91 Å². The Kier molecular flexibility index (Phi) is 7.27. The molecule has 0 bridgehead atoms. The molecule has 3 aliphatic heterocycles. The van der Waals surface area contributed by atoms with Crippen LogP contribution < -0.4 is 11.0 Å². The van der Waals surface area contributed by atoms with Crippen LogP contribution in [0.1, 0.15) is 73.5 Å². The molecular formula is C23H37N4O5P. The van der Waals surface area contributed by atoms with Gasteiger partial charge >= 0.3 is 5.69 Å². The molecule has 0 aromatic carbocycles. The van der Waals surface area contributed by atoms with Crippen LogP contribution in [0.5, 0.6) is 0 Å². The van der Waals surface area contributed by atoms with Gasteiger partial charge in [0.15, 0.2) is 0 Å². The Hall–Kier alpha value is -1.38. The normalized spacial score (nSPS) is 34.4. The fourth-order valence-electron chi connectivity index (χ4n) is 4.82. The van der Waals surface area contributed by atoms with E-state index < -0.39 is 20.4 Å². The molecule has 3 fully saturated rings. The largest absolute Gasteiger partial charge is 0.352 e. The predicted octanol–water partition coefficient (Wildman–Crippen LogP) is 4.06. The van der Waals surface area contributed by atoms with E-state index in [1.54, 1.807) is 26.1 Å². The monoisotopic (exact) mass is 480 g/mol. The minimum atomic E-state index is -1.16. The quantitative estimate of drug-likeness (QED) is 0.588. The number of carbonyl (C=O) groups excluding carboxylic acids is 1. The maximum absolute atomic E-state index is 12.7. The van der Waals surface area contributed by atoms with Crippen molar-refractivity contribution in [3.63, 3.8) is 0 Å². The van der Waals surface area contributed by atoms with E-state index in [-0.39, 0.29) is 35.5 Å². The Morgan fingerprint density at radius 2 is 2.15 bits per heavy atom. The highest BCUT2D eigenvalue weighted by molar-refractivity contribution is 7.45. The first-order chi connectivity index (χ1) is 15.6. The van der Waals surface area contributed by atoms with Crippen molar-refractivity contribution in [1.29, 1.82) is 0 Å². The summed E-state index contributed by atoms with van der Waals surface area (Å²) in [6.07, 6.45) is 4.53. The lowest BCUT2D eigenvalue weighted by Gasteiger charge is -2.32. The summed E-state index contributed by atoms with van der Waals surface area (Å²) in [7, 11) is -1.16. The lowest BCUT2D eigenvalue weighted by molar-refractivity contribution is -0.118. The summed E-state index contributed by atoms with van der Waals surface area (Å²) >= 11 is 0. The first kappa shape index (κ1) is 24.7. The van der Waals surface area contributed by atoms with Crippen LogP contribution in [0.4, 0.5) is 5.82 Å². The molecule has 0 spiro atoms.